The summed E-state index contributed by atoms with van der Waals surface area (Å²) in [7, 11) is 0. The van der Waals surface area contributed by atoms with Gasteiger partial charge in [0.2, 0.25) is 5.91 Å². The number of carbonyl (C=O) groups excluding carboxylic acids is 1. The Bertz CT molecular complexity index is 1020. The van der Waals surface area contributed by atoms with Crippen LogP contribution in [-0.4, -0.2) is 26.3 Å². The van der Waals surface area contributed by atoms with Crippen molar-refractivity contribution in [1.82, 2.24) is 9.55 Å². The van der Waals surface area contributed by atoms with E-state index in [2.05, 4.69) is 10.3 Å². The normalized spacial score (nSPS) is 11.1. The van der Waals surface area contributed by atoms with E-state index in [1.807, 2.05) is 41.8 Å². The zero-order chi connectivity index (χ0) is 17.9. The number of thiazole rings is 1. The molecular weight excluding hydrogens is 370 g/mol. The summed E-state index contributed by atoms with van der Waals surface area (Å²) in [6.45, 7) is 0.393. The van der Waals surface area contributed by atoms with Crippen LogP contribution in [0.3, 0.4) is 0 Å². The number of thioether (sulfide) groups is 1. The minimum atomic E-state index is -0.140. The Labute approximate surface area is 157 Å². The van der Waals surface area contributed by atoms with E-state index in [0.717, 1.165) is 21.6 Å². The van der Waals surface area contributed by atoms with Gasteiger partial charge in [-0.2, -0.15) is 0 Å². The average Bonchev–Trinajstić information content (AvgIpc) is 3.38. The summed E-state index contributed by atoms with van der Waals surface area (Å²) in [6.07, 6.45) is 3.25. The number of rotatable bonds is 6. The second kappa shape index (κ2) is 7.27. The molecule has 4 rings (SSSR count). The number of nitrogens with one attached hydrogen (secondary N) is 1. The van der Waals surface area contributed by atoms with E-state index in [4.69, 9.17) is 4.42 Å². The first-order valence-electron chi connectivity index (χ1n) is 7.87. The van der Waals surface area contributed by atoms with Gasteiger partial charge in [-0.15, -0.1) is 11.3 Å². The maximum Gasteiger partial charge on any atom is 0.236 e. The van der Waals surface area contributed by atoms with Crippen molar-refractivity contribution in [2.24, 2.45) is 0 Å². The summed E-state index contributed by atoms with van der Waals surface area (Å²) in [5.74, 6) is 0.972. The molecule has 26 heavy (non-hydrogen) atoms. The van der Waals surface area contributed by atoms with Crippen LogP contribution < -0.4 is 5.32 Å². The Kier molecular flexibility index (Phi) is 4.68. The molecule has 0 bridgehead atoms. The first kappa shape index (κ1) is 16.7. The summed E-state index contributed by atoms with van der Waals surface area (Å²) in [5.41, 5.74) is 0. The second-order valence-corrected chi connectivity index (χ2v) is 7.37. The lowest BCUT2D eigenvalue weighted by molar-refractivity contribution is -0.113. The van der Waals surface area contributed by atoms with E-state index in [9.17, 15) is 9.90 Å². The van der Waals surface area contributed by atoms with Crippen molar-refractivity contribution < 1.29 is 14.3 Å². The van der Waals surface area contributed by atoms with Gasteiger partial charge in [-0.3, -0.25) is 9.36 Å². The third-order valence-electron chi connectivity index (χ3n) is 3.81. The van der Waals surface area contributed by atoms with Crippen LogP contribution in [0, 0.1) is 0 Å². The minimum absolute atomic E-state index is 0.140. The van der Waals surface area contributed by atoms with E-state index >= 15 is 0 Å². The Balaban J connectivity index is 1.61. The SMILES string of the molecule is O=C(CSc1c2ccccc2c(O)n1Cc1ccco1)Nc1nccs1. The number of hydrogen-bond donors (Lipinski definition) is 2. The molecule has 0 saturated heterocycles. The van der Waals surface area contributed by atoms with Gasteiger partial charge in [-0.25, -0.2) is 4.98 Å². The molecule has 0 aliphatic rings. The number of anilines is 1. The van der Waals surface area contributed by atoms with Gasteiger partial charge in [0, 0.05) is 22.3 Å². The fourth-order valence-corrected chi connectivity index (χ4v) is 4.21. The summed E-state index contributed by atoms with van der Waals surface area (Å²) >= 11 is 2.75. The van der Waals surface area contributed by atoms with Gasteiger partial charge in [0.1, 0.15) is 5.76 Å². The summed E-state index contributed by atoms with van der Waals surface area (Å²) in [6, 6.07) is 11.3. The van der Waals surface area contributed by atoms with Crippen LogP contribution in [0.5, 0.6) is 5.88 Å². The van der Waals surface area contributed by atoms with Gasteiger partial charge in [-0.1, -0.05) is 30.0 Å². The maximum atomic E-state index is 12.2. The standard InChI is InChI=1S/C18H15N3O3S2/c22-15(20-18-19-7-9-25-18)11-26-17-14-6-2-1-5-13(14)16(23)21(17)10-12-4-3-8-24-12/h1-9,23H,10-11H2,(H,19,20,22). The average molecular weight is 385 g/mol. The summed E-state index contributed by atoms with van der Waals surface area (Å²) < 4.78 is 7.18. The second-order valence-electron chi connectivity index (χ2n) is 5.51. The number of benzene rings is 1. The molecule has 0 unspecified atom stereocenters. The Morgan fingerprint density at radius 3 is 2.85 bits per heavy atom. The van der Waals surface area contributed by atoms with Crippen LogP contribution in [-0.2, 0) is 11.3 Å². The van der Waals surface area contributed by atoms with Gasteiger partial charge in [0.05, 0.1) is 23.6 Å². The molecule has 8 heteroatoms. The molecule has 132 valence electrons. The lowest BCUT2D eigenvalue weighted by Crippen LogP contribution is -2.14. The lowest BCUT2D eigenvalue weighted by Gasteiger charge is -2.09. The number of carbonyl (C=O) groups is 1. The monoisotopic (exact) mass is 385 g/mol. The highest BCUT2D eigenvalue weighted by Crippen LogP contribution is 2.38. The van der Waals surface area contributed by atoms with Crippen LogP contribution in [0.4, 0.5) is 5.13 Å². The van der Waals surface area contributed by atoms with Crippen molar-refractivity contribution in [1.29, 1.82) is 0 Å². The number of furan rings is 1. The molecule has 0 aliphatic carbocycles. The first-order chi connectivity index (χ1) is 12.7. The highest BCUT2D eigenvalue weighted by Gasteiger charge is 2.18. The van der Waals surface area contributed by atoms with Gasteiger partial charge in [0.25, 0.3) is 0 Å². The third-order valence-corrected chi connectivity index (χ3v) is 5.62. The van der Waals surface area contributed by atoms with Crippen LogP contribution in [0.15, 0.2) is 63.7 Å². The molecule has 0 fully saturated rings. The molecule has 0 saturated carbocycles. The summed E-state index contributed by atoms with van der Waals surface area (Å²) in [5, 5.41) is 18.3. The van der Waals surface area contributed by atoms with E-state index in [1.165, 1.54) is 23.1 Å². The molecule has 1 aromatic carbocycles. The van der Waals surface area contributed by atoms with E-state index < -0.39 is 0 Å². The van der Waals surface area contributed by atoms with Gasteiger partial charge >= 0.3 is 0 Å². The van der Waals surface area contributed by atoms with Crippen LogP contribution >= 0.6 is 23.1 Å². The number of hydrogen-bond acceptors (Lipinski definition) is 6. The van der Waals surface area contributed by atoms with Crippen molar-refractivity contribution in [3.8, 4) is 5.88 Å². The largest absolute Gasteiger partial charge is 0.494 e. The highest BCUT2D eigenvalue weighted by atomic mass is 32.2. The number of aromatic nitrogens is 2. The number of nitrogens with zero attached hydrogens (tertiary/aromatic N) is 2. The molecule has 2 N–H and O–H groups in total. The maximum absolute atomic E-state index is 12.2. The predicted molar refractivity (Wildman–Crippen MR) is 103 cm³/mol. The molecule has 3 aromatic heterocycles. The lowest BCUT2D eigenvalue weighted by atomic mass is 10.2. The number of fused-ring (bicyclic) bond motifs is 1. The number of aromatic hydroxyl groups is 1. The molecular formula is C18H15N3O3S2. The minimum Gasteiger partial charge on any atom is -0.494 e. The zero-order valence-electron chi connectivity index (χ0n) is 13.6. The molecule has 1 amide bonds. The van der Waals surface area contributed by atoms with Gasteiger partial charge in [-0.05, 0) is 18.2 Å². The van der Waals surface area contributed by atoms with Crippen LogP contribution in [0.25, 0.3) is 10.8 Å². The molecule has 0 aliphatic heterocycles. The Hall–Kier alpha value is -2.71. The van der Waals surface area contributed by atoms with Gasteiger partial charge in [0.15, 0.2) is 11.0 Å². The van der Waals surface area contributed by atoms with E-state index in [0.29, 0.717) is 11.7 Å². The first-order valence-corrected chi connectivity index (χ1v) is 9.73. The summed E-state index contributed by atoms with van der Waals surface area (Å²) in [4.78, 5) is 16.3. The smallest absolute Gasteiger partial charge is 0.236 e. The quantitative estimate of drug-likeness (QED) is 0.487. The molecule has 0 spiro atoms. The molecule has 6 nitrogen and oxygen atoms in total. The van der Waals surface area contributed by atoms with Gasteiger partial charge < -0.3 is 14.8 Å². The highest BCUT2D eigenvalue weighted by molar-refractivity contribution is 8.00. The van der Waals surface area contributed by atoms with E-state index in [1.54, 1.807) is 17.0 Å². The molecule has 3 heterocycles. The van der Waals surface area contributed by atoms with Crippen LogP contribution in [0.1, 0.15) is 5.76 Å². The van der Waals surface area contributed by atoms with E-state index in [-0.39, 0.29) is 17.5 Å². The molecule has 0 atom stereocenters. The third kappa shape index (κ3) is 3.33. The van der Waals surface area contributed by atoms with Crippen LogP contribution in [0.2, 0.25) is 0 Å². The van der Waals surface area contributed by atoms with Crippen molar-refractivity contribution in [2.75, 3.05) is 11.1 Å². The topological polar surface area (TPSA) is 80.3 Å². The molecule has 4 aromatic rings. The zero-order valence-corrected chi connectivity index (χ0v) is 15.2. The fraction of sp³-hybridized carbons (Fsp3) is 0.111. The van der Waals surface area contributed by atoms with Crippen molar-refractivity contribution >= 4 is 44.9 Å². The predicted octanol–water partition coefficient (Wildman–Crippen LogP) is 4.18. The number of amides is 1. The molecule has 0 radical (unpaired) electrons. The fourth-order valence-electron chi connectivity index (χ4n) is 2.69. The van der Waals surface area contributed by atoms with Crippen molar-refractivity contribution in [3.63, 3.8) is 0 Å². The van der Waals surface area contributed by atoms with Crippen molar-refractivity contribution in [2.45, 2.75) is 11.6 Å². The Morgan fingerprint density at radius 1 is 1.27 bits per heavy atom. The van der Waals surface area contributed by atoms with Crippen molar-refractivity contribution in [3.05, 3.63) is 60.0 Å². The Morgan fingerprint density at radius 2 is 2.12 bits per heavy atom.